The number of hydrogen-bond donors (Lipinski definition) is 1. The Labute approximate surface area is 127 Å². The van der Waals surface area contributed by atoms with Crippen LogP contribution in [0.2, 0.25) is 0 Å². The molecule has 1 amide bonds. The molecule has 2 N–H and O–H groups in total. The monoisotopic (exact) mass is 316 g/mol. The second-order valence-corrected chi connectivity index (χ2v) is 5.23. The molecule has 0 unspecified atom stereocenters. The van der Waals surface area contributed by atoms with Crippen LogP contribution in [-0.4, -0.2) is 43.2 Å². The summed E-state index contributed by atoms with van der Waals surface area (Å²) in [5.74, 6) is -4.99. The Morgan fingerprint density at radius 3 is 2.55 bits per heavy atom. The Morgan fingerprint density at radius 2 is 1.91 bits per heavy atom. The number of nitrogens with two attached hydrogens (primary N) is 1. The highest BCUT2D eigenvalue weighted by atomic mass is 19.2. The number of benzene rings is 1. The van der Waals surface area contributed by atoms with Gasteiger partial charge in [0.2, 0.25) is 0 Å². The average molecular weight is 316 g/mol. The average Bonchev–Trinajstić information content (AvgIpc) is 2.53. The first kappa shape index (κ1) is 16.8. The lowest BCUT2D eigenvalue weighted by Gasteiger charge is -2.32. The van der Waals surface area contributed by atoms with Crippen LogP contribution in [0, 0.1) is 17.5 Å². The van der Waals surface area contributed by atoms with Crippen molar-refractivity contribution in [2.45, 2.75) is 25.4 Å². The molecule has 122 valence electrons. The molecule has 1 aromatic rings. The first-order valence-corrected chi connectivity index (χ1v) is 7.29. The number of rotatable bonds is 5. The first-order valence-electron chi connectivity index (χ1n) is 7.29. The molecule has 0 spiro atoms. The molecule has 2 rings (SSSR count). The summed E-state index contributed by atoms with van der Waals surface area (Å²) in [6, 6.07) is 1.73. The number of hydrogen-bond acceptors (Lipinski definition) is 3. The van der Waals surface area contributed by atoms with Gasteiger partial charge in [-0.15, -0.1) is 0 Å². The van der Waals surface area contributed by atoms with E-state index in [1.807, 2.05) is 0 Å². The molecular weight excluding hydrogens is 297 g/mol. The number of piperidine rings is 1. The Balaban J connectivity index is 1.94. The largest absolute Gasteiger partial charge is 0.378 e. The zero-order chi connectivity index (χ0) is 16.1. The van der Waals surface area contributed by atoms with Crippen molar-refractivity contribution < 1.29 is 22.7 Å². The van der Waals surface area contributed by atoms with Crippen molar-refractivity contribution in [1.82, 2.24) is 4.90 Å². The van der Waals surface area contributed by atoms with Gasteiger partial charge in [-0.05, 0) is 37.9 Å². The predicted molar refractivity (Wildman–Crippen MR) is 74.9 cm³/mol. The Morgan fingerprint density at radius 1 is 1.23 bits per heavy atom. The number of likely N-dealkylation sites (tertiary alicyclic amines) is 1. The van der Waals surface area contributed by atoms with Crippen LogP contribution in [0.15, 0.2) is 12.1 Å². The molecule has 0 saturated carbocycles. The van der Waals surface area contributed by atoms with Crippen LogP contribution >= 0.6 is 0 Å². The van der Waals surface area contributed by atoms with Crippen molar-refractivity contribution in [2.75, 3.05) is 26.2 Å². The van der Waals surface area contributed by atoms with Gasteiger partial charge in [0.25, 0.3) is 5.91 Å². The third-order valence-electron chi connectivity index (χ3n) is 3.70. The van der Waals surface area contributed by atoms with E-state index in [2.05, 4.69) is 0 Å². The molecule has 0 aliphatic carbocycles. The topological polar surface area (TPSA) is 55.6 Å². The fourth-order valence-corrected chi connectivity index (χ4v) is 2.42. The third-order valence-corrected chi connectivity index (χ3v) is 3.70. The summed E-state index contributed by atoms with van der Waals surface area (Å²) in [6.45, 7) is 1.93. The fourth-order valence-electron chi connectivity index (χ4n) is 2.42. The molecule has 0 radical (unpaired) electrons. The Bertz CT molecular complexity index is 532. The van der Waals surface area contributed by atoms with Gasteiger partial charge in [-0.25, -0.2) is 13.2 Å². The van der Waals surface area contributed by atoms with Crippen molar-refractivity contribution in [3.8, 4) is 0 Å². The lowest BCUT2D eigenvalue weighted by Crippen LogP contribution is -2.41. The maximum Gasteiger partial charge on any atom is 0.256 e. The highest BCUT2D eigenvalue weighted by Crippen LogP contribution is 2.20. The Hall–Kier alpha value is -1.60. The van der Waals surface area contributed by atoms with E-state index in [9.17, 15) is 18.0 Å². The molecule has 1 aliphatic rings. The number of ether oxygens (including phenoxy) is 1. The van der Waals surface area contributed by atoms with Gasteiger partial charge in [-0.3, -0.25) is 4.79 Å². The number of nitrogens with zero attached hydrogens (tertiary/aromatic N) is 1. The summed E-state index contributed by atoms with van der Waals surface area (Å²) in [6.07, 6.45) is 2.08. The molecule has 7 heteroatoms. The molecule has 0 aromatic heterocycles. The lowest BCUT2D eigenvalue weighted by atomic mass is 10.1. The number of carbonyl (C=O) groups is 1. The highest BCUT2D eigenvalue weighted by Gasteiger charge is 2.27. The second-order valence-electron chi connectivity index (χ2n) is 5.23. The molecule has 1 saturated heterocycles. The zero-order valence-corrected chi connectivity index (χ0v) is 12.2. The molecular formula is C15H19F3N2O2. The van der Waals surface area contributed by atoms with Gasteiger partial charge >= 0.3 is 0 Å². The molecule has 22 heavy (non-hydrogen) atoms. The van der Waals surface area contributed by atoms with Crippen LogP contribution in [0.4, 0.5) is 13.2 Å². The Kier molecular flexibility index (Phi) is 5.79. The van der Waals surface area contributed by atoms with Crippen molar-refractivity contribution in [1.29, 1.82) is 0 Å². The van der Waals surface area contributed by atoms with Crippen LogP contribution in [-0.2, 0) is 4.74 Å². The standard InChI is InChI=1S/C15H19F3N2O2/c16-12-3-2-11(13(17)14(12)18)15(21)20-7-4-10(5-8-20)22-9-1-6-19/h2-3,10H,1,4-9,19H2. The van der Waals surface area contributed by atoms with Crippen LogP contribution in [0.3, 0.4) is 0 Å². The van der Waals surface area contributed by atoms with E-state index in [1.54, 1.807) is 0 Å². The summed E-state index contributed by atoms with van der Waals surface area (Å²) in [5.41, 5.74) is 4.94. The van der Waals surface area contributed by atoms with Crippen LogP contribution in [0.1, 0.15) is 29.6 Å². The summed E-state index contributed by atoms with van der Waals surface area (Å²) in [5, 5.41) is 0. The molecule has 1 aromatic carbocycles. The van der Waals surface area contributed by atoms with E-state index in [0.717, 1.165) is 18.6 Å². The lowest BCUT2D eigenvalue weighted by molar-refractivity contribution is 0.00831. The molecule has 1 aliphatic heterocycles. The van der Waals surface area contributed by atoms with Crippen LogP contribution in [0.5, 0.6) is 0 Å². The van der Waals surface area contributed by atoms with Gasteiger partial charge in [0, 0.05) is 19.7 Å². The molecule has 0 bridgehead atoms. The van der Waals surface area contributed by atoms with Gasteiger partial charge in [-0.2, -0.15) is 0 Å². The van der Waals surface area contributed by atoms with Gasteiger partial charge < -0.3 is 15.4 Å². The molecule has 4 nitrogen and oxygen atoms in total. The minimum Gasteiger partial charge on any atom is -0.378 e. The first-order chi connectivity index (χ1) is 10.5. The summed E-state index contributed by atoms with van der Waals surface area (Å²) in [4.78, 5) is 13.6. The zero-order valence-electron chi connectivity index (χ0n) is 12.2. The maximum atomic E-state index is 13.7. The third kappa shape index (κ3) is 3.78. The quantitative estimate of drug-likeness (QED) is 0.668. The van der Waals surface area contributed by atoms with E-state index in [4.69, 9.17) is 10.5 Å². The number of halogens is 3. The fraction of sp³-hybridized carbons (Fsp3) is 0.533. The van der Waals surface area contributed by atoms with Crippen molar-refractivity contribution in [2.24, 2.45) is 5.73 Å². The van der Waals surface area contributed by atoms with Gasteiger partial charge in [0.1, 0.15) is 0 Å². The summed E-state index contributed by atoms with van der Waals surface area (Å²) in [7, 11) is 0. The molecule has 1 heterocycles. The predicted octanol–water partition coefficient (Wildman–Crippen LogP) is 2.07. The molecule has 0 atom stereocenters. The van der Waals surface area contributed by atoms with Crippen LogP contribution in [0.25, 0.3) is 0 Å². The minimum absolute atomic E-state index is 0.0467. The number of amides is 1. The normalized spacial score (nSPS) is 16.1. The van der Waals surface area contributed by atoms with Gasteiger partial charge in [0.15, 0.2) is 17.5 Å². The van der Waals surface area contributed by atoms with E-state index >= 15 is 0 Å². The van der Waals surface area contributed by atoms with E-state index in [-0.39, 0.29) is 6.10 Å². The summed E-state index contributed by atoms with van der Waals surface area (Å²) >= 11 is 0. The van der Waals surface area contributed by atoms with Gasteiger partial charge in [0.05, 0.1) is 11.7 Å². The SMILES string of the molecule is NCCCOC1CCN(C(=O)c2ccc(F)c(F)c2F)CC1. The number of carbonyl (C=O) groups excluding carboxylic acids is 1. The second kappa shape index (κ2) is 7.60. The highest BCUT2D eigenvalue weighted by molar-refractivity contribution is 5.94. The van der Waals surface area contributed by atoms with Crippen molar-refractivity contribution in [3.63, 3.8) is 0 Å². The van der Waals surface area contributed by atoms with Gasteiger partial charge in [-0.1, -0.05) is 0 Å². The van der Waals surface area contributed by atoms with E-state index < -0.39 is 28.9 Å². The molecule has 1 fully saturated rings. The van der Waals surface area contributed by atoms with E-state index in [1.165, 1.54) is 4.90 Å². The van der Waals surface area contributed by atoms with E-state index in [0.29, 0.717) is 39.1 Å². The van der Waals surface area contributed by atoms with Crippen molar-refractivity contribution in [3.05, 3.63) is 35.1 Å². The maximum absolute atomic E-state index is 13.7. The summed E-state index contributed by atoms with van der Waals surface area (Å²) < 4.78 is 45.4. The van der Waals surface area contributed by atoms with Crippen LogP contribution < -0.4 is 5.73 Å². The minimum atomic E-state index is -1.62. The smallest absolute Gasteiger partial charge is 0.256 e. The van der Waals surface area contributed by atoms with Crippen molar-refractivity contribution >= 4 is 5.91 Å².